The van der Waals surface area contributed by atoms with Crippen LogP contribution < -0.4 is 5.32 Å². The maximum atomic E-state index is 9.70. The lowest BCUT2D eigenvalue weighted by Crippen LogP contribution is -2.54. The molecule has 4 nitrogen and oxygen atoms in total. The Bertz CT molecular complexity index is 309. The molecule has 20 heavy (non-hydrogen) atoms. The second-order valence-electron chi connectivity index (χ2n) is 6.95. The molecule has 3 rings (SSSR count). The third-order valence-electron chi connectivity index (χ3n) is 5.56. The summed E-state index contributed by atoms with van der Waals surface area (Å²) in [5.41, 5.74) is 0.0661. The highest BCUT2D eigenvalue weighted by molar-refractivity contribution is 4.95. The zero-order valence-corrected chi connectivity index (χ0v) is 12.5. The molecule has 2 N–H and O–H groups in total. The van der Waals surface area contributed by atoms with Crippen LogP contribution in [0.15, 0.2) is 0 Å². The number of aliphatic hydroxyl groups is 1. The van der Waals surface area contributed by atoms with Crippen molar-refractivity contribution in [1.82, 2.24) is 5.32 Å². The summed E-state index contributed by atoms with van der Waals surface area (Å²) in [4.78, 5) is 0. The first kappa shape index (κ1) is 14.8. The molecule has 1 aliphatic carbocycles. The van der Waals surface area contributed by atoms with Gasteiger partial charge in [-0.05, 0) is 38.5 Å². The first-order valence-electron chi connectivity index (χ1n) is 8.37. The minimum absolute atomic E-state index is 0.135. The number of ether oxygens (including phenoxy) is 2. The van der Waals surface area contributed by atoms with Gasteiger partial charge in [-0.15, -0.1) is 0 Å². The van der Waals surface area contributed by atoms with Crippen LogP contribution in [0.3, 0.4) is 0 Å². The van der Waals surface area contributed by atoms with Crippen molar-refractivity contribution in [3.05, 3.63) is 0 Å². The monoisotopic (exact) mass is 283 g/mol. The fraction of sp³-hybridized carbons (Fsp3) is 1.00. The normalized spacial score (nSPS) is 32.5. The number of hydrogen-bond acceptors (Lipinski definition) is 4. The first-order chi connectivity index (χ1) is 9.76. The lowest BCUT2D eigenvalue weighted by atomic mass is 9.83. The summed E-state index contributed by atoms with van der Waals surface area (Å²) in [6, 6.07) is 0. The minimum Gasteiger partial charge on any atom is -0.394 e. The van der Waals surface area contributed by atoms with E-state index in [4.69, 9.17) is 9.47 Å². The average Bonchev–Trinajstić information content (AvgIpc) is 2.90. The van der Waals surface area contributed by atoms with E-state index in [2.05, 4.69) is 5.32 Å². The molecular weight excluding hydrogens is 254 g/mol. The molecule has 2 heterocycles. The van der Waals surface area contributed by atoms with Gasteiger partial charge in [-0.25, -0.2) is 0 Å². The van der Waals surface area contributed by atoms with Gasteiger partial charge in [-0.2, -0.15) is 0 Å². The van der Waals surface area contributed by atoms with Gasteiger partial charge in [0.2, 0.25) is 0 Å². The van der Waals surface area contributed by atoms with Crippen LogP contribution in [0.1, 0.15) is 57.8 Å². The fourth-order valence-corrected chi connectivity index (χ4v) is 4.09. The third-order valence-corrected chi connectivity index (χ3v) is 5.56. The number of nitrogens with one attached hydrogen (secondary N) is 1. The maximum Gasteiger partial charge on any atom is 0.0708 e. The van der Waals surface area contributed by atoms with Gasteiger partial charge in [0.25, 0.3) is 0 Å². The Morgan fingerprint density at radius 2 is 1.75 bits per heavy atom. The van der Waals surface area contributed by atoms with Crippen LogP contribution in [-0.2, 0) is 9.47 Å². The van der Waals surface area contributed by atoms with E-state index in [9.17, 15) is 5.11 Å². The Morgan fingerprint density at radius 1 is 1.00 bits per heavy atom. The summed E-state index contributed by atoms with van der Waals surface area (Å²) in [7, 11) is 0. The number of hydrogen-bond donors (Lipinski definition) is 2. The van der Waals surface area contributed by atoms with E-state index in [1.807, 2.05) is 0 Å². The molecule has 4 heteroatoms. The van der Waals surface area contributed by atoms with Gasteiger partial charge in [0, 0.05) is 25.3 Å². The van der Waals surface area contributed by atoms with Gasteiger partial charge < -0.3 is 19.9 Å². The van der Waals surface area contributed by atoms with E-state index in [-0.39, 0.29) is 17.7 Å². The molecule has 2 saturated heterocycles. The molecule has 0 aromatic carbocycles. The molecule has 1 saturated carbocycles. The minimum atomic E-state index is -0.135. The summed E-state index contributed by atoms with van der Waals surface area (Å²) in [5.74, 6) is 0. The highest BCUT2D eigenvalue weighted by atomic mass is 16.5. The summed E-state index contributed by atoms with van der Waals surface area (Å²) in [6.45, 7) is 2.59. The van der Waals surface area contributed by atoms with E-state index >= 15 is 0 Å². The molecule has 0 aromatic heterocycles. The molecule has 3 fully saturated rings. The zero-order chi connectivity index (χ0) is 13.9. The van der Waals surface area contributed by atoms with Crippen molar-refractivity contribution in [1.29, 1.82) is 0 Å². The highest BCUT2D eigenvalue weighted by Crippen LogP contribution is 2.41. The second-order valence-corrected chi connectivity index (χ2v) is 6.95. The molecule has 0 bridgehead atoms. The van der Waals surface area contributed by atoms with Crippen molar-refractivity contribution >= 4 is 0 Å². The SMILES string of the molecule is OCC1(NCC2CCC3(CCCCC3)O2)CCOCC1. The van der Waals surface area contributed by atoms with E-state index in [0.717, 1.165) is 32.6 Å². The lowest BCUT2D eigenvalue weighted by molar-refractivity contribution is -0.0680. The van der Waals surface area contributed by atoms with Crippen LogP contribution in [0.4, 0.5) is 0 Å². The van der Waals surface area contributed by atoms with Gasteiger partial charge in [0.05, 0.1) is 18.3 Å². The summed E-state index contributed by atoms with van der Waals surface area (Å²) < 4.78 is 11.8. The van der Waals surface area contributed by atoms with Crippen molar-refractivity contribution in [2.45, 2.75) is 75.0 Å². The van der Waals surface area contributed by atoms with Crippen LogP contribution in [0.5, 0.6) is 0 Å². The molecule has 0 amide bonds. The third kappa shape index (κ3) is 3.19. The van der Waals surface area contributed by atoms with Crippen molar-refractivity contribution < 1.29 is 14.6 Å². The maximum absolute atomic E-state index is 9.70. The summed E-state index contributed by atoms with van der Waals surface area (Å²) in [5, 5.41) is 13.3. The van der Waals surface area contributed by atoms with Crippen LogP contribution in [0.2, 0.25) is 0 Å². The Morgan fingerprint density at radius 3 is 2.45 bits per heavy atom. The molecule has 2 aliphatic heterocycles. The Balaban J connectivity index is 1.49. The molecular formula is C16H29NO3. The second kappa shape index (κ2) is 6.30. The van der Waals surface area contributed by atoms with E-state index in [1.165, 1.54) is 44.9 Å². The summed E-state index contributed by atoms with van der Waals surface area (Å²) in [6.07, 6.45) is 11.1. The molecule has 116 valence electrons. The van der Waals surface area contributed by atoms with Gasteiger partial charge in [0.1, 0.15) is 0 Å². The van der Waals surface area contributed by atoms with Crippen LogP contribution in [0, 0.1) is 0 Å². The van der Waals surface area contributed by atoms with Crippen LogP contribution >= 0.6 is 0 Å². The molecule has 1 atom stereocenters. The van der Waals surface area contributed by atoms with Crippen molar-refractivity contribution in [2.75, 3.05) is 26.4 Å². The molecule has 1 unspecified atom stereocenters. The predicted octanol–water partition coefficient (Wildman–Crippen LogP) is 2.00. The molecule has 3 aliphatic rings. The van der Waals surface area contributed by atoms with Gasteiger partial charge in [-0.3, -0.25) is 0 Å². The van der Waals surface area contributed by atoms with E-state index in [1.54, 1.807) is 0 Å². The molecule has 0 radical (unpaired) electrons. The first-order valence-corrected chi connectivity index (χ1v) is 8.37. The largest absolute Gasteiger partial charge is 0.394 e. The molecule has 1 spiro atoms. The van der Waals surface area contributed by atoms with Gasteiger partial charge in [-0.1, -0.05) is 19.3 Å². The quantitative estimate of drug-likeness (QED) is 0.828. The number of rotatable bonds is 4. The number of aliphatic hydroxyl groups excluding tert-OH is 1. The topological polar surface area (TPSA) is 50.7 Å². The Hall–Kier alpha value is -0.160. The smallest absolute Gasteiger partial charge is 0.0708 e. The van der Waals surface area contributed by atoms with E-state index < -0.39 is 0 Å². The van der Waals surface area contributed by atoms with E-state index in [0.29, 0.717) is 6.10 Å². The van der Waals surface area contributed by atoms with Gasteiger partial charge in [0.15, 0.2) is 0 Å². The Labute approximate surface area is 122 Å². The molecule has 0 aromatic rings. The zero-order valence-electron chi connectivity index (χ0n) is 12.5. The standard InChI is InChI=1S/C16H29NO3/c18-13-15(8-10-19-11-9-15)17-12-14-4-7-16(20-14)5-2-1-3-6-16/h14,17-18H,1-13H2. The van der Waals surface area contributed by atoms with Gasteiger partial charge >= 0.3 is 0 Å². The lowest BCUT2D eigenvalue weighted by Gasteiger charge is -2.38. The average molecular weight is 283 g/mol. The summed E-state index contributed by atoms with van der Waals surface area (Å²) >= 11 is 0. The predicted molar refractivity (Wildman–Crippen MR) is 77.8 cm³/mol. The Kier molecular flexibility index (Phi) is 4.65. The van der Waals surface area contributed by atoms with Crippen molar-refractivity contribution in [3.8, 4) is 0 Å². The van der Waals surface area contributed by atoms with Crippen LogP contribution in [0.25, 0.3) is 0 Å². The fourth-order valence-electron chi connectivity index (χ4n) is 4.09. The van der Waals surface area contributed by atoms with Crippen molar-refractivity contribution in [2.24, 2.45) is 0 Å². The van der Waals surface area contributed by atoms with Crippen molar-refractivity contribution in [3.63, 3.8) is 0 Å². The van der Waals surface area contributed by atoms with Crippen LogP contribution in [-0.4, -0.2) is 48.7 Å². The highest BCUT2D eigenvalue weighted by Gasteiger charge is 2.41.